The Morgan fingerprint density at radius 3 is 2.57 bits per heavy atom. The van der Waals surface area contributed by atoms with Gasteiger partial charge in [-0.3, -0.25) is 4.79 Å². The Bertz CT molecular complexity index is 633. The van der Waals surface area contributed by atoms with Gasteiger partial charge in [0.05, 0.1) is 11.9 Å². The van der Waals surface area contributed by atoms with Gasteiger partial charge in [0.1, 0.15) is 6.54 Å². The Kier molecular flexibility index (Phi) is 5.15. The van der Waals surface area contributed by atoms with Crippen molar-refractivity contribution in [2.45, 2.75) is 27.3 Å². The molecule has 1 amide bonds. The predicted molar refractivity (Wildman–Crippen MR) is 89.1 cm³/mol. The summed E-state index contributed by atoms with van der Waals surface area (Å²) in [5.41, 5.74) is 4.54. The summed E-state index contributed by atoms with van der Waals surface area (Å²) in [4.78, 5) is 14.7. The minimum absolute atomic E-state index is 0.0636. The molecule has 21 heavy (non-hydrogen) atoms. The number of nitrogens with one attached hydrogen (secondary N) is 2. The molecule has 0 saturated heterocycles. The topological polar surface area (TPSA) is 33.5 Å². The van der Waals surface area contributed by atoms with Crippen LogP contribution in [0, 0.1) is 20.8 Å². The van der Waals surface area contributed by atoms with Crippen LogP contribution in [0.25, 0.3) is 0 Å². The summed E-state index contributed by atoms with van der Waals surface area (Å²) >= 11 is 1.76. The molecule has 1 aromatic heterocycles. The lowest BCUT2D eigenvalue weighted by atomic mass is 10.1. The van der Waals surface area contributed by atoms with Gasteiger partial charge in [-0.25, -0.2) is 0 Å². The zero-order valence-electron chi connectivity index (χ0n) is 13.1. The third-order valence-corrected chi connectivity index (χ3v) is 4.57. The molecule has 1 atom stereocenters. The van der Waals surface area contributed by atoms with Gasteiger partial charge in [-0.1, -0.05) is 17.7 Å². The summed E-state index contributed by atoms with van der Waals surface area (Å²) in [6.07, 6.45) is 0. The Hall–Kier alpha value is -1.65. The molecule has 2 aromatic rings. The van der Waals surface area contributed by atoms with E-state index in [1.165, 1.54) is 20.9 Å². The smallest absolute Gasteiger partial charge is 0.279 e. The van der Waals surface area contributed by atoms with Gasteiger partial charge in [0.2, 0.25) is 0 Å². The van der Waals surface area contributed by atoms with E-state index >= 15 is 0 Å². The van der Waals surface area contributed by atoms with Crippen LogP contribution in [-0.2, 0) is 11.3 Å². The van der Waals surface area contributed by atoms with Gasteiger partial charge < -0.3 is 10.2 Å². The third kappa shape index (κ3) is 4.41. The quantitative estimate of drug-likeness (QED) is 0.873. The molecule has 0 bridgehead atoms. The average molecular weight is 303 g/mol. The Labute approximate surface area is 130 Å². The third-order valence-electron chi connectivity index (χ3n) is 3.55. The summed E-state index contributed by atoms with van der Waals surface area (Å²) in [7, 11) is 2.06. The second-order valence-electron chi connectivity index (χ2n) is 5.70. The highest BCUT2D eigenvalue weighted by Gasteiger charge is 2.13. The number of carbonyl (C=O) groups is 1. The lowest BCUT2D eigenvalue weighted by Crippen LogP contribution is -3.08. The van der Waals surface area contributed by atoms with Crippen molar-refractivity contribution in [3.8, 4) is 0 Å². The van der Waals surface area contributed by atoms with E-state index in [-0.39, 0.29) is 5.91 Å². The number of amides is 1. The molecule has 0 aliphatic rings. The number of hydrogen-bond acceptors (Lipinski definition) is 2. The van der Waals surface area contributed by atoms with Crippen LogP contribution < -0.4 is 10.2 Å². The van der Waals surface area contributed by atoms with Crippen molar-refractivity contribution in [1.29, 1.82) is 0 Å². The first-order chi connectivity index (χ1) is 9.95. The van der Waals surface area contributed by atoms with Crippen molar-refractivity contribution in [3.63, 3.8) is 0 Å². The number of rotatable bonds is 5. The lowest BCUT2D eigenvalue weighted by Gasteiger charge is -2.14. The van der Waals surface area contributed by atoms with Crippen LogP contribution in [-0.4, -0.2) is 19.5 Å². The van der Waals surface area contributed by atoms with E-state index in [1.807, 2.05) is 19.1 Å². The van der Waals surface area contributed by atoms with Crippen molar-refractivity contribution >= 4 is 22.9 Å². The Morgan fingerprint density at radius 2 is 1.95 bits per heavy atom. The van der Waals surface area contributed by atoms with Crippen LogP contribution in [0.2, 0.25) is 0 Å². The molecule has 3 nitrogen and oxygen atoms in total. The van der Waals surface area contributed by atoms with Crippen LogP contribution in [0.4, 0.5) is 5.69 Å². The van der Waals surface area contributed by atoms with Crippen molar-refractivity contribution in [1.82, 2.24) is 0 Å². The first kappa shape index (κ1) is 15.7. The Morgan fingerprint density at radius 1 is 1.19 bits per heavy atom. The summed E-state index contributed by atoms with van der Waals surface area (Å²) < 4.78 is 0. The van der Waals surface area contributed by atoms with Crippen molar-refractivity contribution in [3.05, 3.63) is 51.2 Å². The molecule has 112 valence electrons. The largest absolute Gasteiger partial charge is 0.325 e. The van der Waals surface area contributed by atoms with E-state index in [1.54, 1.807) is 11.3 Å². The number of thiophene rings is 1. The van der Waals surface area contributed by atoms with Crippen molar-refractivity contribution in [2.75, 3.05) is 18.9 Å². The molecule has 1 heterocycles. The van der Waals surface area contributed by atoms with Crippen LogP contribution >= 0.6 is 11.3 Å². The molecule has 2 rings (SSSR count). The molecule has 4 heteroatoms. The zero-order valence-corrected chi connectivity index (χ0v) is 13.9. The fraction of sp³-hybridized carbons (Fsp3) is 0.353. The fourth-order valence-electron chi connectivity index (χ4n) is 2.34. The van der Waals surface area contributed by atoms with E-state index < -0.39 is 0 Å². The monoisotopic (exact) mass is 303 g/mol. The molecule has 0 spiro atoms. The Balaban J connectivity index is 1.90. The second kappa shape index (κ2) is 6.87. The molecule has 2 N–H and O–H groups in total. The van der Waals surface area contributed by atoms with Crippen LogP contribution in [0.1, 0.15) is 21.6 Å². The highest BCUT2D eigenvalue weighted by Crippen LogP contribution is 2.16. The fourth-order valence-corrected chi connectivity index (χ4v) is 3.36. The highest BCUT2D eigenvalue weighted by atomic mass is 32.1. The molecular formula is C17H23N2OS+. The minimum Gasteiger partial charge on any atom is -0.325 e. The maximum atomic E-state index is 12.1. The van der Waals surface area contributed by atoms with E-state index in [0.717, 1.165) is 17.8 Å². The van der Waals surface area contributed by atoms with E-state index in [9.17, 15) is 4.79 Å². The van der Waals surface area contributed by atoms with Gasteiger partial charge >= 0.3 is 0 Å². The van der Waals surface area contributed by atoms with Gasteiger partial charge in [0.25, 0.3) is 5.91 Å². The number of hydrogen-bond donors (Lipinski definition) is 2. The van der Waals surface area contributed by atoms with Gasteiger partial charge in [-0.15, -0.1) is 11.3 Å². The first-order valence-electron chi connectivity index (χ1n) is 7.17. The minimum atomic E-state index is 0.0636. The summed E-state index contributed by atoms with van der Waals surface area (Å²) in [6.45, 7) is 7.57. The molecule has 0 aliphatic carbocycles. The first-order valence-corrected chi connectivity index (χ1v) is 8.05. The molecule has 0 saturated carbocycles. The summed E-state index contributed by atoms with van der Waals surface area (Å²) in [5, 5.41) is 5.11. The van der Waals surface area contributed by atoms with Gasteiger partial charge in [-0.2, -0.15) is 0 Å². The second-order valence-corrected chi connectivity index (χ2v) is 6.70. The number of anilines is 1. The van der Waals surface area contributed by atoms with E-state index in [0.29, 0.717) is 6.54 Å². The van der Waals surface area contributed by atoms with Gasteiger partial charge in [-0.05, 0) is 49.4 Å². The molecule has 1 unspecified atom stereocenters. The molecule has 1 aromatic carbocycles. The number of carbonyl (C=O) groups excluding carboxylic acids is 1. The van der Waals surface area contributed by atoms with Crippen LogP contribution in [0.15, 0.2) is 29.6 Å². The number of quaternary nitrogens is 1. The van der Waals surface area contributed by atoms with Crippen LogP contribution in [0.3, 0.4) is 0 Å². The molecule has 0 radical (unpaired) electrons. The van der Waals surface area contributed by atoms with Gasteiger partial charge in [0.15, 0.2) is 6.54 Å². The molecule has 0 fully saturated rings. The van der Waals surface area contributed by atoms with Gasteiger partial charge in [0, 0.05) is 5.69 Å². The normalized spacial score (nSPS) is 12.2. The maximum absolute atomic E-state index is 12.1. The maximum Gasteiger partial charge on any atom is 0.279 e. The van der Waals surface area contributed by atoms with Crippen molar-refractivity contribution < 1.29 is 9.69 Å². The standard InChI is InChI=1S/C17H22N2OS/c1-12-5-6-15(14(3)9-12)18-17(20)11-19(4)10-16-13(2)7-8-21-16/h5-9H,10-11H2,1-4H3,(H,18,20)/p+1. The van der Waals surface area contributed by atoms with E-state index in [4.69, 9.17) is 0 Å². The number of benzene rings is 1. The summed E-state index contributed by atoms with van der Waals surface area (Å²) in [5.74, 6) is 0.0636. The molecule has 0 aliphatic heterocycles. The molecular weight excluding hydrogens is 280 g/mol. The zero-order chi connectivity index (χ0) is 15.4. The number of likely N-dealkylation sites (N-methyl/N-ethyl adjacent to an activating group) is 1. The summed E-state index contributed by atoms with van der Waals surface area (Å²) in [6, 6.07) is 8.21. The lowest BCUT2D eigenvalue weighted by molar-refractivity contribution is -0.884. The average Bonchev–Trinajstić information content (AvgIpc) is 2.78. The highest BCUT2D eigenvalue weighted by molar-refractivity contribution is 7.10. The SMILES string of the molecule is Cc1ccc(NC(=O)C[NH+](C)Cc2sccc2C)c(C)c1. The van der Waals surface area contributed by atoms with E-state index in [2.05, 4.69) is 43.7 Å². The van der Waals surface area contributed by atoms with Crippen LogP contribution in [0.5, 0.6) is 0 Å². The predicted octanol–water partition coefficient (Wildman–Crippen LogP) is 2.33. The number of aryl methyl sites for hydroxylation is 3. The van der Waals surface area contributed by atoms with Crippen molar-refractivity contribution in [2.24, 2.45) is 0 Å².